The van der Waals surface area contributed by atoms with E-state index >= 15 is 0 Å². The molecule has 0 radical (unpaired) electrons. The summed E-state index contributed by atoms with van der Waals surface area (Å²) in [6.45, 7) is 0. The maximum absolute atomic E-state index is 8.54. The molecule has 0 aromatic carbocycles. The normalized spacial score (nSPS) is 6.36. The van der Waals surface area contributed by atoms with Crippen LogP contribution in [0.5, 0.6) is 0 Å². The van der Waals surface area contributed by atoms with Gasteiger partial charge in [0.05, 0.1) is 0 Å². The van der Waals surface area contributed by atoms with Gasteiger partial charge in [-0.05, 0) is 0 Å². The second-order valence-electron chi connectivity index (χ2n) is 0.408. The van der Waals surface area contributed by atoms with Crippen molar-refractivity contribution in [2.24, 2.45) is 0 Å². The van der Waals surface area contributed by atoms with Crippen LogP contribution in [0.4, 0.5) is 0 Å². The van der Waals surface area contributed by atoms with Crippen molar-refractivity contribution in [1.82, 2.24) is 0 Å². The first kappa shape index (κ1) is 29.6. The van der Waals surface area contributed by atoms with Gasteiger partial charge in [0.2, 0.25) is 0 Å². The maximum Gasteiger partial charge on any atom is 2.00 e. The molecule has 0 aromatic heterocycles. The van der Waals surface area contributed by atoms with Crippen molar-refractivity contribution in [1.29, 1.82) is 0 Å². The van der Waals surface area contributed by atoms with E-state index < -0.39 is 29.0 Å². The summed E-state index contributed by atoms with van der Waals surface area (Å²) in [7, 11) is 0. The third-order valence-corrected chi connectivity index (χ3v) is 0. The largest absolute Gasteiger partial charge is 2.00 e. The van der Waals surface area contributed by atoms with E-state index in [-0.39, 0.29) is 126 Å². The summed E-state index contributed by atoms with van der Waals surface area (Å²) < 4.78 is 51.2. The predicted molar refractivity (Wildman–Crippen MR) is 18.6 cm³/mol. The molecule has 0 amide bonds. The van der Waals surface area contributed by atoms with Crippen molar-refractivity contribution in [3.05, 3.63) is 0 Å². The fourth-order valence-electron chi connectivity index (χ4n) is 0. The van der Waals surface area contributed by atoms with Crippen LogP contribution in [0.3, 0.4) is 0 Å². The summed E-state index contributed by atoms with van der Waals surface area (Å²) in [5.41, 5.74) is 0. The molecule has 0 unspecified atom stereocenters. The number of hydrogen-bond acceptors (Lipinski definition) is 6. The van der Waals surface area contributed by atoms with Crippen molar-refractivity contribution in [3.63, 3.8) is 0 Å². The molecule has 0 spiro atoms. The van der Waals surface area contributed by atoms with E-state index in [0.717, 1.165) is 0 Å². The van der Waals surface area contributed by atoms with Crippen LogP contribution in [0.15, 0.2) is 0 Å². The van der Waals surface area contributed by atoms with E-state index in [0.29, 0.717) is 0 Å². The van der Waals surface area contributed by atoms with Gasteiger partial charge in [-0.15, -0.1) is 0 Å². The maximum atomic E-state index is 8.54. The molecule has 0 N–H and O–H groups in total. The molecule has 0 rings (SSSR count). The van der Waals surface area contributed by atoms with Gasteiger partial charge in [0, 0.05) is 0 Å². The Morgan fingerprint density at radius 3 is 0.727 bits per heavy atom. The zero-order chi connectivity index (χ0) is 7.15. The summed E-state index contributed by atoms with van der Waals surface area (Å²) in [5.74, 6) is 0. The average molecular weight is 356 g/mol. The van der Waals surface area contributed by atoms with Crippen molar-refractivity contribution in [2.45, 2.75) is 0 Å². The molecule has 0 fully saturated rings. The Bertz CT molecular complexity index is 76.6. The van der Waals surface area contributed by atoms with Crippen LogP contribution in [-0.4, -0.2) is 52.0 Å². The SMILES string of the molecule is O=[Se]([O-])[O-].O=[Se]([O-])[O-].[K+].[K+].[Mg+2]. The molecule has 6 nitrogen and oxygen atoms in total. The van der Waals surface area contributed by atoms with Crippen LogP contribution in [0.25, 0.3) is 0 Å². The smallest absolute Gasteiger partial charge is 1.00 e. The van der Waals surface area contributed by atoms with E-state index in [1.54, 1.807) is 0 Å². The topological polar surface area (TPSA) is 126 Å². The van der Waals surface area contributed by atoms with Gasteiger partial charge in [-0.2, -0.15) is 0 Å². The Hall–Kier alpha value is 4.52. The van der Waals surface area contributed by atoms with Gasteiger partial charge in [-0.1, -0.05) is 0 Å². The van der Waals surface area contributed by atoms with Crippen LogP contribution in [-0.2, 0) is 7.67 Å². The van der Waals surface area contributed by atoms with Gasteiger partial charge in [-0.25, -0.2) is 0 Å². The van der Waals surface area contributed by atoms with Crippen LogP contribution < -0.4 is 120 Å². The van der Waals surface area contributed by atoms with E-state index in [1.807, 2.05) is 0 Å². The molecule has 11 heteroatoms. The third-order valence-electron chi connectivity index (χ3n) is 0. The fraction of sp³-hybridized carbons (Fsp3) is 0. The predicted octanol–water partition coefficient (Wildman–Crippen LogP) is -12.1. The Morgan fingerprint density at radius 1 is 0.727 bits per heavy atom. The van der Waals surface area contributed by atoms with Crippen molar-refractivity contribution >= 4 is 52.0 Å². The van der Waals surface area contributed by atoms with Crippen LogP contribution in [0.1, 0.15) is 0 Å². The van der Waals surface area contributed by atoms with Crippen LogP contribution in [0, 0.1) is 0 Å². The van der Waals surface area contributed by atoms with Gasteiger partial charge in [0.25, 0.3) is 0 Å². The van der Waals surface area contributed by atoms with Gasteiger partial charge < -0.3 is 0 Å². The third kappa shape index (κ3) is 111. The molecule has 0 aliphatic heterocycles. The van der Waals surface area contributed by atoms with E-state index in [4.69, 9.17) is 24.4 Å². The first-order valence-corrected chi connectivity index (χ1v) is 5.20. The monoisotopic (exact) mass is 358 g/mol. The molecule has 0 saturated heterocycles. The quantitative estimate of drug-likeness (QED) is 0.397. The van der Waals surface area contributed by atoms with E-state index in [2.05, 4.69) is 0 Å². The summed E-state index contributed by atoms with van der Waals surface area (Å²) in [6.07, 6.45) is 0. The second-order valence-corrected chi connectivity index (χ2v) is 2.12. The van der Waals surface area contributed by atoms with Crippen molar-refractivity contribution < 1.29 is 127 Å². The molecule has 52 valence electrons. The standard InChI is InChI=1S/2K.Mg.2H2O3Se/c;;;2*1-4(2)3/h;;;2*(H2,1,2,3)/q2*+1;+2;;/p-4. The molecular weight excluding hydrogens is 356 g/mol. The Labute approximate surface area is 174 Å². The minimum Gasteiger partial charge on any atom is 1.00 e. The minimum atomic E-state index is -3.79. The molecule has 0 heterocycles. The van der Waals surface area contributed by atoms with Gasteiger partial charge in [0.1, 0.15) is 0 Å². The first-order valence-electron chi connectivity index (χ1n) is 1.00. The van der Waals surface area contributed by atoms with Crippen molar-refractivity contribution in [2.75, 3.05) is 0 Å². The molecule has 0 atom stereocenters. The Kier molecular flexibility index (Phi) is 64.5. The molecule has 0 bridgehead atoms. The summed E-state index contributed by atoms with van der Waals surface area (Å²) in [5, 5.41) is 0. The fourth-order valence-corrected chi connectivity index (χ4v) is 0. The average Bonchev–Trinajstić information content (AvgIpc) is 1.25. The van der Waals surface area contributed by atoms with Crippen molar-refractivity contribution in [3.8, 4) is 0 Å². The minimum absolute atomic E-state index is 0. The van der Waals surface area contributed by atoms with Gasteiger partial charge in [0.15, 0.2) is 0 Å². The number of hydrogen-bond donors (Lipinski definition) is 0. The summed E-state index contributed by atoms with van der Waals surface area (Å²) >= 11 is -7.58. The molecule has 0 saturated carbocycles. The summed E-state index contributed by atoms with van der Waals surface area (Å²) in [6, 6.07) is 0. The van der Waals surface area contributed by atoms with Crippen LogP contribution in [0.2, 0.25) is 0 Å². The molecule has 0 aliphatic carbocycles. The molecule has 11 heavy (non-hydrogen) atoms. The second kappa shape index (κ2) is 24.0. The zero-order valence-corrected chi connectivity index (χ0v) is 17.1. The molecule has 0 aliphatic rings. The van der Waals surface area contributed by atoms with E-state index in [1.165, 1.54) is 0 Å². The zero-order valence-electron chi connectivity index (χ0n) is 5.97. The van der Waals surface area contributed by atoms with Crippen LogP contribution >= 0.6 is 0 Å². The molecule has 0 aromatic rings. The van der Waals surface area contributed by atoms with Gasteiger partial charge >= 0.3 is 179 Å². The van der Waals surface area contributed by atoms with E-state index in [9.17, 15) is 0 Å². The Morgan fingerprint density at radius 2 is 0.727 bits per heavy atom. The first-order chi connectivity index (χ1) is 3.46. The van der Waals surface area contributed by atoms with Gasteiger partial charge in [-0.3, -0.25) is 0 Å². The summed E-state index contributed by atoms with van der Waals surface area (Å²) in [4.78, 5) is 0. The molecular formula is K2MgO6Se2. The Balaban J connectivity index is -0.0000000171. The number of rotatable bonds is 0.